The predicted molar refractivity (Wildman–Crippen MR) is 73.8 cm³/mol. The molecule has 0 aromatic carbocycles. The van der Waals surface area contributed by atoms with Gasteiger partial charge in [0, 0.05) is 13.5 Å². The van der Waals surface area contributed by atoms with Crippen LogP contribution in [-0.2, 0) is 9.59 Å². The van der Waals surface area contributed by atoms with E-state index < -0.39 is 12.0 Å². The van der Waals surface area contributed by atoms with Gasteiger partial charge in [-0.1, -0.05) is 32.6 Å². The molecule has 1 aliphatic carbocycles. The highest BCUT2D eigenvalue weighted by molar-refractivity contribution is 5.82. The lowest BCUT2D eigenvalue weighted by Crippen LogP contribution is -2.46. The van der Waals surface area contributed by atoms with Crippen molar-refractivity contribution >= 4 is 11.9 Å². The van der Waals surface area contributed by atoms with Gasteiger partial charge in [-0.25, -0.2) is 4.79 Å². The van der Waals surface area contributed by atoms with Crippen LogP contribution in [0.5, 0.6) is 0 Å². The Hall–Kier alpha value is -1.10. The fourth-order valence-electron chi connectivity index (χ4n) is 2.62. The van der Waals surface area contributed by atoms with Crippen molar-refractivity contribution < 1.29 is 14.7 Å². The monoisotopic (exact) mass is 270 g/mol. The molecule has 0 aromatic heterocycles. The minimum absolute atomic E-state index is 0.290. The number of carbonyl (C=O) groups excluding carboxylic acids is 1. The van der Waals surface area contributed by atoms with Crippen LogP contribution in [0.3, 0.4) is 0 Å². The van der Waals surface area contributed by atoms with E-state index in [0.29, 0.717) is 0 Å². The first-order chi connectivity index (χ1) is 8.99. The zero-order valence-corrected chi connectivity index (χ0v) is 11.9. The number of nitrogens with one attached hydrogen (secondary N) is 2. The molecule has 1 amide bonds. The molecule has 110 valence electrons. The van der Waals surface area contributed by atoms with Crippen LogP contribution in [0.2, 0.25) is 0 Å². The van der Waals surface area contributed by atoms with Gasteiger partial charge >= 0.3 is 5.97 Å². The number of carboxylic acid groups (broad SMARTS) is 1. The molecule has 0 aliphatic heterocycles. The van der Waals surface area contributed by atoms with Crippen molar-refractivity contribution in [1.29, 1.82) is 0 Å². The number of aliphatic carboxylic acids is 1. The molecule has 0 aromatic rings. The number of amides is 1. The van der Waals surface area contributed by atoms with Gasteiger partial charge in [0.25, 0.3) is 0 Å². The number of hydrogen-bond acceptors (Lipinski definition) is 3. The molecule has 1 atom stereocenters. The molecule has 5 nitrogen and oxygen atoms in total. The molecule has 1 unspecified atom stereocenters. The molecule has 0 spiro atoms. The Morgan fingerprint density at radius 1 is 1.26 bits per heavy atom. The maximum atomic E-state index is 10.9. The third-order valence-electron chi connectivity index (χ3n) is 3.89. The third-order valence-corrected chi connectivity index (χ3v) is 3.89. The number of carbonyl (C=O) groups is 2. The largest absolute Gasteiger partial charge is 0.480 e. The van der Waals surface area contributed by atoms with E-state index in [1.165, 1.54) is 32.6 Å². The van der Waals surface area contributed by atoms with Crippen molar-refractivity contribution in [3.05, 3.63) is 0 Å². The predicted octanol–water partition coefficient (Wildman–Crippen LogP) is 1.38. The van der Waals surface area contributed by atoms with Gasteiger partial charge in [0.05, 0.1) is 0 Å². The Morgan fingerprint density at radius 3 is 2.42 bits per heavy atom. The summed E-state index contributed by atoms with van der Waals surface area (Å²) >= 11 is 0. The van der Waals surface area contributed by atoms with Crippen molar-refractivity contribution in [1.82, 2.24) is 10.6 Å². The van der Waals surface area contributed by atoms with Crippen LogP contribution in [0.15, 0.2) is 0 Å². The van der Waals surface area contributed by atoms with E-state index in [-0.39, 0.29) is 12.5 Å². The van der Waals surface area contributed by atoms with Gasteiger partial charge in [0.15, 0.2) is 0 Å². The molecule has 0 bridgehead atoms. The van der Waals surface area contributed by atoms with Crippen LogP contribution >= 0.6 is 0 Å². The van der Waals surface area contributed by atoms with E-state index in [4.69, 9.17) is 5.11 Å². The second-order valence-corrected chi connectivity index (χ2v) is 5.71. The molecular weight excluding hydrogens is 244 g/mol. The molecule has 3 N–H and O–H groups in total. The molecule has 1 fully saturated rings. The number of carboxylic acids is 1. The molecule has 1 saturated carbocycles. The van der Waals surface area contributed by atoms with E-state index in [0.717, 1.165) is 24.8 Å². The molecule has 1 rings (SSSR count). The van der Waals surface area contributed by atoms with E-state index in [2.05, 4.69) is 17.6 Å². The average Bonchev–Trinajstić information content (AvgIpc) is 2.34. The van der Waals surface area contributed by atoms with Gasteiger partial charge in [-0.15, -0.1) is 0 Å². The molecule has 0 heterocycles. The zero-order chi connectivity index (χ0) is 14.3. The van der Waals surface area contributed by atoms with Crippen LogP contribution < -0.4 is 10.6 Å². The first kappa shape index (κ1) is 16.0. The van der Waals surface area contributed by atoms with Gasteiger partial charge in [-0.3, -0.25) is 4.79 Å². The van der Waals surface area contributed by atoms with Gasteiger partial charge in [-0.2, -0.15) is 0 Å². The summed E-state index contributed by atoms with van der Waals surface area (Å²) in [6.45, 7) is 4.75. The molecule has 0 saturated heterocycles. The summed E-state index contributed by atoms with van der Waals surface area (Å²) in [6.07, 6.45) is 6.30. The third kappa shape index (κ3) is 6.57. The zero-order valence-electron chi connectivity index (χ0n) is 11.9. The summed E-state index contributed by atoms with van der Waals surface area (Å²) in [6, 6.07) is -0.830. The highest BCUT2D eigenvalue weighted by Crippen LogP contribution is 2.29. The van der Waals surface area contributed by atoms with Gasteiger partial charge in [-0.05, 0) is 24.8 Å². The molecular formula is C14H26N2O3. The summed E-state index contributed by atoms with van der Waals surface area (Å²) in [5, 5.41) is 14.5. The highest BCUT2D eigenvalue weighted by Gasteiger charge is 2.19. The quantitative estimate of drug-likeness (QED) is 0.611. The second kappa shape index (κ2) is 8.15. The van der Waals surface area contributed by atoms with Crippen molar-refractivity contribution in [3.63, 3.8) is 0 Å². The van der Waals surface area contributed by atoms with Gasteiger partial charge in [0.2, 0.25) is 5.91 Å². The Labute approximate surface area is 115 Å². The first-order valence-electron chi connectivity index (χ1n) is 7.19. The van der Waals surface area contributed by atoms with E-state index in [1.54, 1.807) is 0 Å². The lowest BCUT2D eigenvalue weighted by Gasteiger charge is -2.26. The maximum Gasteiger partial charge on any atom is 0.327 e. The molecule has 0 radical (unpaired) electrons. The Balaban J connectivity index is 2.14. The summed E-state index contributed by atoms with van der Waals surface area (Å²) in [7, 11) is 0. The lowest BCUT2D eigenvalue weighted by atomic mass is 9.81. The normalized spacial score (nSPS) is 24.7. The fourth-order valence-corrected chi connectivity index (χ4v) is 2.62. The molecule has 5 heteroatoms. The van der Waals surface area contributed by atoms with Crippen molar-refractivity contribution in [2.45, 2.75) is 52.0 Å². The highest BCUT2D eigenvalue weighted by atomic mass is 16.4. The van der Waals surface area contributed by atoms with Gasteiger partial charge < -0.3 is 15.7 Å². The Kier molecular flexibility index (Phi) is 6.84. The average molecular weight is 270 g/mol. The summed E-state index contributed by atoms with van der Waals surface area (Å²) in [5.41, 5.74) is 0. The second-order valence-electron chi connectivity index (χ2n) is 5.71. The van der Waals surface area contributed by atoms with E-state index in [1.807, 2.05) is 0 Å². The lowest BCUT2D eigenvalue weighted by molar-refractivity contribution is -0.141. The topological polar surface area (TPSA) is 78.4 Å². The molecule has 19 heavy (non-hydrogen) atoms. The summed E-state index contributed by atoms with van der Waals surface area (Å²) < 4.78 is 0. The standard InChI is InChI=1S/C14H26N2O3/c1-10-3-5-12(6-4-10)7-8-15-9-13(14(18)19)16-11(2)17/h10,12-13,15H,3-9H2,1-2H3,(H,16,17)(H,18,19). The fraction of sp³-hybridized carbons (Fsp3) is 0.857. The SMILES string of the molecule is CC(=O)NC(CNCCC1CCC(C)CC1)C(=O)O. The summed E-state index contributed by atoms with van der Waals surface area (Å²) in [4.78, 5) is 21.8. The van der Waals surface area contributed by atoms with Crippen LogP contribution in [0, 0.1) is 11.8 Å². The van der Waals surface area contributed by atoms with Crippen LogP contribution in [-0.4, -0.2) is 36.1 Å². The number of rotatable bonds is 7. The minimum atomic E-state index is -0.991. The Bertz CT molecular complexity index is 299. The van der Waals surface area contributed by atoms with Gasteiger partial charge in [0.1, 0.15) is 6.04 Å². The molecule has 1 aliphatic rings. The van der Waals surface area contributed by atoms with Crippen LogP contribution in [0.1, 0.15) is 46.0 Å². The number of hydrogen-bond donors (Lipinski definition) is 3. The van der Waals surface area contributed by atoms with Crippen LogP contribution in [0.25, 0.3) is 0 Å². The Morgan fingerprint density at radius 2 is 1.89 bits per heavy atom. The summed E-state index contributed by atoms with van der Waals surface area (Å²) in [5.74, 6) is 0.331. The smallest absolute Gasteiger partial charge is 0.327 e. The first-order valence-corrected chi connectivity index (χ1v) is 7.19. The van der Waals surface area contributed by atoms with E-state index in [9.17, 15) is 9.59 Å². The maximum absolute atomic E-state index is 10.9. The van der Waals surface area contributed by atoms with Crippen LogP contribution in [0.4, 0.5) is 0 Å². The van der Waals surface area contributed by atoms with E-state index >= 15 is 0 Å². The van der Waals surface area contributed by atoms with Crippen molar-refractivity contribution in [3.8, 4) is 0 Å². The van der Waals surface area contributed by atoms with Crippen molar-refractivity contribution in [2.75, 3.05) is 13.1 Å². The minimum Gasteiger partial charge on any atom is -0.480 e. The van der Waals surface area contributed by atoms with Crippen molar-refractivity contribution in [2.24, 2.45) is 11.8 Å².